The van der Waals surface area contributed by atoms with Gasteiger partial charge in [0.2, 0.25) is 0 Å². The summed E-state index contributed by atoms with van der Waals surface area (Å²) in [5, 5.41) is 3.60. The number of hydrogen-bond donors (Lipinski definition) is 1. The molecule has 33 heavy (non-hydrogen) atoms. The Morgan fingerprint density at radius 3 is 2.45 bits per heavy atom. The fraction of sp³-hybridized carbons (Fsp3) is 0.214. The van der Waals surface area contributed by atoms with Gasteiger partial charge in [-0.2, -0.15) is 0 Å². The Kier molecular flexibility index (Phi) is 6.05. The molecular formula is C28H26N2O3. The third kappa shape index (κ3) is 4.73. The van der Waals surface area contributed by atoms with Crippen molar-refractivity contribution >= 4 is 16.9 Å². The molecule has 3 aromatic carbocycles. The zero-order chi connectivity index (χ0) is 22.6. The van der Waals surface area contributed by atoms with Gasteiger partial charge in [0, 0.05) is 18.5 Å². The Bertz CT molecular complexity index is 1340. The third-order valence-electron chi connectivity index (χ3n) is 6.21. The number of carbonyl (C=O) groups is 1. The van der Waals surface area contributed by atoms with Crippen molar-refractivity contribution in [3.05, 3.63) is 106 Å². The lowest BCUT2D eigenvalue weighted by Gasteiger charge is -2.15. The zero-order valence-electron chi connectivity index (χ0n) is 18.4. The molecule has 1 N–H and O–H groups in total. The fourth-order valence-electron chi connectivity index (χ4n) is 4.44. The minimum atomic E-state index is -0.631. The number of rotatable bonds is 6. The van der Waals surface area contributed by atoms with Gasteiger partial charge in [0.15, 0.2) is 0 Å². The van der Waals surface area contributed by atoms with Crippen molar-refractivity contribution in [2.45, 2.75) is 25.9 Å². The van der Waals surface area contributed by atoms with Crippen molar-refractivity contribution in [2.75, 3.05) is 13.1 Å². The minimum absolute atomic E-state index is 0.0115. The van der Waals surface area contributed by atoms with Gasteiger partial charge in [-0.3, -0.25) is 9.69 Å². The van der Waals surface area contributed by atoms with Crippen LogP contribution in [0.1, 0.15) is 34.3 Å². The van der Waals surface area contributed by atoms with E-state index in [2.05, 4.69) is 40.5 Å². The summed E-state index contributed by atoms with van der Waals surface area (Å²) in [7, 11) is 0. The lowest BCUT2D eigenvalue weighted by Crippen LogP contribution is -2.28. The van der Waals surface area contributed by atoms with E-state index in [4.69, 9.17) is 4.42 Å². The molecule has 5 heteroatoms. The molecular weight excluding hydrogens is 412 g/mol. The molecule has 0 bridgehead atoms. The van der Waals surface area contributed by atoms with E-state index < -0.39 is 11.5 Å². The molecule has 0 spiro atoms. The summed E-state index contributed by atoms with van der Waals surface area (Å²) in [6, 6.07) is 25.4. The standard InChI is InChI=1S/C28H26N2O3/c31-27(25-17-22-7-2-4-10-26(22)33-28(25)32)29-18-23-8-1-3-9-24(23)21-13-11-20(12-14-21)19-30-15-5-6-16-30/h1-4,7-14,17H,5-6,15-16,18-19H2,(H,29,31). The van der Waals surface area contributed by atoms with Crippen LogP contribution in [0.4, 0.5) is 0 Å². The smallest absolute Gasteiger partial charge is 0.349 e. The molecule has 5 rings (SSSR count). The number of para-hydroxylation sites is 1. The van der Waals surface area contributed by atoms with E-state index in [0.717, 1.165) is 28.6 Å². The van der Waals surface area contributed by atoms with Gasteiger partial charge in [0.05, 0.1) is 0 Å². The maximum Gasteiger partial charge on any atom is 0.349 e. The quantitative estimate of drug-likeness (QED) is 0.431. The third-order valence-corrected chi connectivity index (χ3v) is 6.21. The van der Waals surface area contributed by atoms with Crippen LogP contribution < -0.4 is 10.9 Å². The summed E-state index contributed by atoms with van der Waals surface area (Å²) in [4.78, 5) is 27.6. The molecule has 0 atom stereocenters. The van der Waals surface area contributed by atoms with E-state index in [1.54, 1.807) is 18.2 Å². The zero-order valence-corrected chi connectivity index (χ0v) is 18.4. The highest BCUT2D eigenvalue weighted by Crippen LogP contribution is 2.25. The molecule has 0 aliphatic carbocycles. The highest BCUT2D eigenvalue weighted by molar-refractivity contribution is 5.96. The van der Waals surface area contributed by atoms with Crippen LogP contribution in [0.25, 0.3) is 22.1 Å². The van der Waals surface area contributed by atoms with Crippen molar-refractivity contribution in [3.8, 4) is 11.1 Å². The average molecular weight is 439 g/mol. The Hall–Kier alpha value is -3.70. The minimum Gasteiger partial charge on any atom is -0.422 e. The van der Waals surface area contributed by atoms with Crippen molar-refractivity contribution in [3.63, 3.8) is 0 Å². The predicted molar refractivity (Wildman–Crippen MR) is 130 cm³/mol. The van der Waals surface area contributed by atoms with Gasteiger partial charge in [0.25, 0.3) is 5.91 Å². The SMILES string of the molecule is O=C(NCc1ccccc1-c1ccc(CN2CCCC2)cc1)c1cc2ccccc2oc1=O. The van der Waals surface area contributed by atoms with E-state index >= 15 is 0 Å². The van der Waals surface area contributed by atoms with Crippen LogP contribution in [0, 0.1) is 0 Å². The molecule has 1 amide bonds. The van der Waals surface area contributed by atoms with E-state index in [1.165, 1.54) is 31.5 Å². The molecule has 0 saturated carbocycles. The molecule has 1 aliphatic rings. The first-order chi connectivity index (χ1) is 16.2. The number of fused-ring (bicyclic) bond motifs is 1. The molecule has 1 saturated heterocycles. The summed E-state index contributed by atoms with van der Waals surface area (Å²) in [5.74, 6) is -0.440. The van der Waals surface area contributed by atoms with Crippen LogP contribution >= 0.6 is 0 Å². The van der Waals surface area contributed by atoms with Gasteiger partial charge < -0.3 is 9.73 Å². The number of nitrogens with one attached hydrogen (secondary N) is 1. The molecule has 1 aromatic heterocycles. The number of nitrogens with zero attached hydrogens (tertiary/aromatic N) is 1. The summed E-state index contributed by atoms with van der Waals surface area (Å²) >= 11 is 0. The Labute approximate surface area is 192 Å². The fourth-order valence-corrected chi connectivity index (χ4v) is 4.44. The molecule has 1 aliphatic heterocycles. The van der Waals surface area contributed by atoms with E-state index in [1.807, 2.05) is 30.3 Å². The summed E-state index contributed by atoms with van der Waals surface area (Å²) in [6.07, 6.45) is 2.58. The number of hydrogen-bond acceptors (Lipinski definition) is 4. The molecule has 0 radical (unpaired) electrons. The van der Waals surface area contributed by atoms with Crippen molar-refractivity contribution in [2.24, 2.45) is 0 Å². The number of likely N-dealkylation sites (tertiary alicyclic amines) is 1. The molecule has 5 nitrogen and oxygen atoms in total. The lowest BCUT2D eigenvalue weighted by molar-refractivity contribution is 0.0947. The second-order valence-corrected chi connectivity index (χ2v) is 8.51. The van der Waals surface area contributed by atoms with E-state index in [0.29, 0.717) is 12.1 Å². The monoisotopic (exact) mass is 438 g/mol. The van der Waals surface area contributed by atoms with Crippen LogP contribution in [0.2, 0.25) is 0 Å². The van der Waals surface area contributed by atoms with Crippen LogP contribution in [-0.2, 0) is 13.1 Å². The maximum absolute atomic E-state index is 12.8. The second kappa shape index (κ2) is 9.43. The summed E-state index contributed by atoms with van der Waals surface area (Å²) in [6.45, 7) is 3.67. The van der Waals surface area contributed by atoms with E-state index in [-0.39, 0.29) is 5.56 Å². The number of carbonyl (C=O) groups excluding carboxylic acids is 1. The van der Waals surface area contributed by atoms with Gasteiger partial charge in [0.1, 0.15) is 11.1 Å². The van der Waals surface area contributed by atoms with Crippen LogP contribution in [-0.4, -0.2) is 23.9 Å². The predicted octanol–water partition coefficient (Wildman–Crippen LogP) is 4.99. The largest absolute Gasteiger partial charge is 0.422 e. The van der Waals surface area contributed by atoms with E-state index in [9.17, 15) is 9.59 Å². The van der Waals surface area contributed by atoms with Gasteiger partial charge in [-0.15, -0.1) is 0 Å². The van der Waals surface area contributed by atoms with Crippen LogP contribution in [0.5, 0.6) is 0 Å². The normalized spacial score (nSPS) is 13.9. The first-order valence-corrected chi connectivity index (χ1v) is 11.4. The van der Waals surface area contributed by atoms with Crippen LogP contribution in [0.3, 0.4) is 0 Å². The summed E-state index contributed by atoms with van der Waals surface area (Å²) in [5.41, 5.74) is 4.33. The first-order valence-electron chi connectivity index (χ1n) is 11.4. The molecule has 0 unspecified atom stereocenters. The van der Waals surface area contributed by atoms with Crippen molar-refractivity contribution in [1.29, 1.82) is 0 Å². The Morgan fingerprint density at radius 1 is 0.909 bits per heavy atom. The van der Waals surface area contributed by atoms with Gasteiger partial charge in [-0.1, -0.05) is 66.7 Å². The molecule has 4 aromatic rings. The summed E-state index contributed by atoms with van der Waals surface area (Å²) < 4.78 is 5.30. The number of amides is 1. The highest BCUT2D eigenvalue weighted by atomic mass is 16.4. The highest BCUT2D eigenvalue weighted by Gasteiger charge is 2.15. The van der Waals surface area contributed by atoms with Gasteiger partial charge in [-0.25, -0.2) is 4.79 Å². The topological polar surface area (TPSA) is 62.6 Å². The maximum atomic E-state index is 12.8. The lowest BCUT2D eigenvalue weighted by atomic mass is 9.98. The van der Waals surface area contributed by atoms with Crippen LogP contribution in [0.15, 0.2) is 88.1 Å². The Morgan fingerprint density at radius 2 is 1.64 bits per heavy atom. The molecule has 2 heterocycles. The first kappa shape index (κ1) is 21.2. The second-order valence-electron chi connectivity index (χ2n) is 8.51. The average Bonchev–Trinajstić information content (AvgIpc) is 3.36. The van der Waals surface area contributed by atoms with Gasteiger partial charge in [-0.05, 0) is 60.3 Å². The van der Waals surface area contributed by atoms with Gasteiger partial charge >= 0.3 is 5.63 Å². The molecule has 1 fully saturated rings. The van der Waals surface area contributed by atoms with Crippen molar-refractivity contribution < 1.29 is 9.21 Å². The molecule has 166 valence electrons. The number of benzene rings is 3. The van der Waals surface area contributed by atoms with Crippen molar-refractivity contribution in [1.82, 2.24) is 10.2 Å². The Balaban J connectivity index is 1.32.